The van der Waals surface area contributed by atoms with Crippen LogP contribution in [0.15, 0.2) is 36.4 Å². The number of rotatable bonds is 5. The number of hydrogen-bond donors (Lipinski definition) is 2. The molecule has 0 aromatic heterocycles. The van der Waals surface area contributed by atoms with E-state index in [-0.39, 0.29) is 11.3 Å². The molecule has 0 fully saturated rings. The second-order valence-electron chi connectivity index (χ2n) is 5.11. The summed E-state index contributed by atoms with van der Waals surface area (Å²) in [6.45, 7) is 3.92. The van der Waals surface area contributed by atoms with Gasteiger partial charge >= 0.3 is 6.09 Å². The Bertz CT molecular complexity index is 529. The van der Waals surface area contributed by atoms with E-state index in [2.05, 4.69) is 29.7 Å². The summed E-state index contributed by atoms with van der Waals surface area (Å²) in [7, 11) is 0. The van der Waals surface area contributed by atoms with Gasteiger partial charge in [-0.2, -0.15) is 0 Å². The molecule has 1 aliphatic rings. The van der Waals surface area contributed by atoms with Crippen LogP contribution >= 0.6 is 0 Å². The quantitative estimate of drug-likeness (QED) is 0.810. The molecule has 5 nitrogen and oxygen atoms in total. The number of amides is 2. The molecule has 106 valence electrons. The minimum atomic E-state index is -0.471. The van der Waals surface area contributed by atoms with Gasteiger partial charge in [0, 0.05) is 23.7 Å². The predicted molar refractivity (Wildman–Crippen MR) is 77.6 cm³/mol. The molecule has 0 unspecified atom stereocenters. The zero-order valence-corrected chi connectivity index (χ0v) is 11.6. The highest BCUT2D eigenvalue weighted by atomic mass is 16.5. The smallest absolute Gasteiger partial charge is 0.411 e. The van der Waals surface area contributed by atoms with Crippen LogP contribution in [-0.4, -0.2) is 18.6 Å². The van der Waals surface area contributed by atoms with Crippen molar-refractivity contribution in [3.8, 4) is 0 Å². The summed E-state index contributed by atoms with van der Waals surface area (Å²) >= 11 is 0. The van der Waals surface area contributed by atoms with E-state index in [4.69, 9.17) is 4.74 Å². The van der Waals surface area contributed by atoms with Crippen molar-refractivity contribution in [2.45, 2.75) is 20.3 Å². The molecule has 0 aliphatic heterocycles. The summed E-state index contributed by atoms with van der Waals surface area (Å²) < 4.78 is 5.10. The van der Waals surface area contributed by atoms with E-state index < -0.39 is 6.09 Å². The summed E-state index contributed by atoms with van der Waals surface area (Å²) in [6, 6.07) is 6.84. The summed E-state index contributed by atoms with van der Waals surface area (Å²) in [6.07, 6.45) is 4.52. The molecule has 5 heteroatoms. The number of ether oxygens (including phenoxy) is 1. The Kier molecular flexibility index (Phi) is 4.08. The van der Waals surface area contributed by atoms with Crippen molar-refractivity contribution in [2.75, 3.05) is 17.2 Å². The lowest BCUT2D eigenvalue weighted by Gasteiger charge is -2.10. The number of allylic oxidation sites excluding steroid dienone is 2. The van der Waals surface area contributed by atoms with Crippen LogP contribution < -0.4 is 10.6 Å². The van der Waals surface area contributed by atoms with E-state index in [1.165, 1.54) is 6.92 Å². The Balaban J connectivity index is 1.74. The standard InChI is InChI=1S/C15H18N2O3/c1-11(18)16-12-3-5-13(6-4-12)17-14(19)20-10-9-15(2)7-8-15/h3-8H,9-10H2,1-2H3,(H,16,18)(H,17,19). The van der Waals surface area contributed by atoms with Crippen LogP contribution in [0.2, 0.25) is 0 Å². The van der Waals surface area contributed by atoms with Gasteiger partial charge in [0.25, 0.3) is 0 Å². The van der Waals surface area contributed by atoms with Gasteiger partial charge in [0.2, 0.25) is 5.91 Å². The molecule has 0 radical (unpaired) electrons. The summed E-state index contributed by atoms with van der Waals surface area (Å²) in [5, 5.41) is 5.29. The molecule has 0 atom stereocenters. The Labute approximate surface area is 118 Å². The first-order valence-electron chi connectivity index (χ1n) is 6.49. The molecular formula is C15H18N2O3. The fourth-order valence-electron chi connectivity index (χ4n) is 1.67. The second kappa shape index (κ2) is 5.77. The van der Waals surface area contributed by atoms with Crippen LogP contribution in [0, 0.1) is 5.41 Å². The Morgan fingerprint density at radius 3 is 2.15 bits per heavy atom. The van der Waals surface area contributed by atoms with Crippen molar-refractivity contribution in [1.82, 2.24) is 0 Å². The van der Waals surface area contributed by atoms with Crippen LogP contribution in [0.5, 0.6) is 0 Å². The SMILES string of the molecule is CC(=O)Nc1ccc(NC(=O)OCCC2(C)C=C2)cc1. The number of hydrogen-bond acceptors (Lipinski definition) is 3. The van der Waals surface area contributed by atoms with Crippen molar-refractivity contribution in [3.63, 3.8) is 0 Å². The van der Waals surface area contributed by atoms with Crippen LogP contribution in [0.4, 0.5) is 16.2 Å². The number of benzene rings is 1. The van der Waals surface area contributed by atoms with E-state index in [1.807, 2.05) is 0 Å². The van der Waals surface area contributed by atoms with Crippen molar-refractivity contribution in [2.24, 2.45) is 5.41 Å². The van der Waals surface area contributed by atoms with E-state index in [1.54, 1.807) is 24.3 Å². The molecule has 0 heterocycles. The normalized spacial score (nSPS) is 14.5. The predicted octanol–water partition coefficient (Wildman–Crippen LogP) is 3.16. The van der Waals surface area contributed by atoms with Gasteiger partial charge in [-0.25, -0.2) is 4.79 Å². The van der Waals surface area contributed by atoms with Gasteiger partial charge in [-0.15, -0.1) is 0 Å². The molecule has 1 aromatic rings. The molecule has 1 aromatic carbocycles. The first-order valence-corrected chi connectivity index (χ1v) is 6.49. The number of anilines is 2. The fourth-order valence-corrected chi connectivity index (χ4v) is 1.67. The minimum Gasteiger partial charge on any atom is -0.449 e. The maximum Gasteiger partial charge on any atom is 0.411 e. The monoisotopic (exact) mass is 274 g/mol. The number of nitrogens with one attached hydrogen (secondary N) is 2. The van der Waals surface area contributed by atoms with Gasteiger partial charge in [0.05, 0.1) is 6.61 Å². The van der Waals surface area contributed by atoms with Crippen molar-refractivity contribution in [3.05, 3.63) is 36.4 Å². The molecule has 2 rings (SSSR count). The van der Waals surface area contributed by atoms with Gasteiger partial charge < -0.3 is 10.1 Å². The lowest BCUT2D eigenvalue weighted by Crippen LogP contribution is -2.16. The van der Waals surface area contributed by atoms with Crippen LogP contribution in [-0.2, 0) is 9.53 Å². The molecule has 0 saturated carbocycles. The van der Waals surface area contributed by atoms with Crippen LogP contribution in [0.25, 0.3) is 0 Å². The number of carbonyl (C=O) groups is 2. The maximum atomic E-state index is 11.6. The zero-order chi connectivity index (χ0) is 14.6. The molecule has 2 amide bonds. The second-order valence-corrected chi connectivity index (χ2v) is 5.11. The molecular weight excluding hydrogens is 256 g/mol. The van der Waals surface area contributed by atoms with Gasteiger partial charge in [-0.1, -0.05) is 19.1 Å². The molecule has 1 aliphatic carbocycles. The molecule has 0 spiro atoms. The van der Waals surface area contributed by atoms with Crippen molar-refractivity contribution < 1.29 is 14.3 Å². The van der Waals surface area contributed by atoms with E-state index >= 15 is 0 Å². The van der Waals surface area contributed by atoms with E-state index in [9.17, 15) is 9.59 Å². The first-order chi connectivity index (χ1) is 9.47. The maximum absolute atomic E-state index is 11.6. The summed E-state index contributed by atoms with van der Waals surface area (Å²) in [4.78, 5) is 22.4. The fraction of sp³-hybridized carbons (Fsp3) is 0.333. The van der Waals surface area contributed by atoms with Crippen molar-refractivity contribution >= 4 is 23.4 Å². The Hall–Kier alpha value is -2.30. The third-order valence-corrected chi connectivity index (χ3v) is 3.06. The molecule has 2 N–H and O–H groups in total. The topological polar surface area (TPSA) is 67.4 Å². The van der Waals surface area contributed by atoms with Gasteiger partial charge in [0.15, 0.2) is 0 Å². The highest BCUT2D eigenvalue weighted by molar-refractivity contribution is 5.89. The van der Waals surface area contributed by atoms with Gasteiger partial charge in [-0.05, 0) is 30.7 Å². The lowest BCUT2D eigenvalue weighted by molar-refractivity contribution is -0.114. The zero-order valence-electron chi connectivity index (χ0n) is 11.6. The van der Waals surface area contributed by atoms with Gasteiger partial charge in [0.1, 0.15) is 0 Å². The average Bonchev–Trinajstić information content (AvgIpc) is 3.09. The van der Waals surface area contributed by atoms with E-state index in [0.717, 1.165) is 6.42 Å². The van der Waals surface area contributed by atoms with Crippen LogP contribution in [0.3, 0.4) is 0 Å². The third-order valence-electron chi connectivity index (χ3n) is 3.06. The summed E-state index contributed by atoms with van der Waals surface area (Å²) in [5.74, 6) is -0.132. The average molecular weight is 274 g/mol. The lowest BCUT2D eigenvalue weighted by atomic mass is 10.0. The largest absolute Gasteiger partial charge is 0.449 e. The Morgan fingerprint density at radius 2 is 1.65 bits per heavy atom. The summed E-state index contributed by atoms with van der Waals surface area (Å²) in [5.41, 5.74) is 1.45. The number of carbonyl (C=O) groups excluding carboxylic acids is 2. The highest BCUT2D eigenvalue weighted by Crippen LogP contribution is 2.37. The molecule has 0 bridgehead atoms. The van der Waals surface area contributed by atoms with Crippen LogP contribution in [0.1, 0.15) is 20.3 Å². The van der Waals surface area contributed by atoms with Crippen molar-refractivity contribution in [1.29, 1.82) is 0 Å². The van der Waals surface area contributed by atoms with Gasteiger partial charge in [-0.3, -0.25) is 10.1 Å². The molecule has 20 heavy (non-hydrogen) atoms. The third kappa shape index (κ3) is 4.42. The van der Waals surface area contributed by atoms with E-state index in [0.29, 0.717) is 18.0 Å². The first kappa shape index (κ1) is 14.1. The highest BCUT2D eigenvalue weighted by Gasteiger charge is 2.27. The molecule has 0 saturated heterocycles. The Morgan fingerprint density at radius 1 is 1.10 bits per heavy atom. The minimum absolute atomic E-state index is 0.132.